The van der Waals surface area contributed by atoms with Crippen molar-refractivity contribution in [3.05, 3.63) is 35.4 Å². The molecule has 0 spiro atoms. The normalized spacial score (nSPS) is 22.3. The van der Waals surface area contributed by atoms with Crippen molar-refractivity contribution < 1.29 is 9.33 Å². The third-order valence-corrected chi connectivity index (χ3v) is 6.30. The molecule has 1 atom stereocenters. The Hall–Kier alpha value is -0.880. The number of hydrogen-bond donors (Lipinski definition) is 2. The lowest BCUT2D eigenvalue weighted by molar-refractivity contribution is -0.206. The Labute approximate surface area is 173 Å². The molecule has 2 saturated heterocycles. The highest BCUT2D eigenvalue weighted by atomic mass is 35.5. The second kappa shape index (κ2) is 8.24. The van der Waals surface area contributed by atoms with Crippen molar-refractivity contribution in [1.82, 2.24) is 14.5 Å². The molecule has 0 radical (unpaired) electrons. The summed E-state index contributed by atoms with van der Waals surface area (Å²) in [5, 5.41) is 1.90. The van der Waals surface area contributed by atoms with E-state index in [1.165, 1.54) is 27.7 Å². The Kier molecular flexibility index (Phi) is 5.93. The number of nitrogens with zero attached hydrogens (tertiary/aromatic N) is 5. The number of nitrogens with two attached hydrogens (primary N) is 1. The molecule has 1 aromatic rings. The van der Waals surface area contributed by atoms with Gasteiger partial charge in [-0.05, 0) is 43.0 Å². The van der Waals surface area contributed by atoms with E-state index in [1.807, 2.05) is 0 Å². The molecular formula is C16H22ClFN6OS2. The Morgan fingerprint density at radius 2 is 2.00 bits per heavy atom. The van der Waals surface area contributed by atoms with E-state index in [2.05, 4.69) is 22.6 Å². The van der Waals surface area contributed by atoms with Crippen molar-refractivity contribution in [2.75, 3.05) is 34.8 Å². The zero-order valence-corrected chi connectivity index (χ0v) is 17.1. The zero-order valence-electron chi connectivity index (χ0n) is 14.7. The number of likely N-dealkylation sites (tertiary alicyclic amines) is 1. The maximum absolute atomic E-state index is 14.7. The number of hydroxylamine groups is 2. The fraction of sp³-hybridized carbons (Fsp3) is 0.500. The molecule has 3 heterocycles. The largest absolute Gasteiger partial charge is 0.369 e. The van der Waals surface area contributed by atoms with Gasteiger partial charge in [0.05, 0.1) is 40.9 Å². The van der Waals surface area contributed by atoms with E-state index in [-0.39, 0.29) is 5.69 Å². The number of thiol groups is 1. The molecule has 3 aliphatic heterocycles. The van der Waals surface area contributed by atoms with Crippen molar-refractivity contribution in [3.63, 3.8) is 0 Å². The monoisotopic (exact) mass is 432 g/mol. The molecule has 7 nitrogen and oxygen atoms in total. The van der Waals surface area contributed by atoms with Crippen LogP contribution in [0.3, 0.4) is 0 Å². The summed E-state index contributed by atoms with van der Waals surface area (Å²) in [6.45, 7) is 4.09. The Bertz CT molecular complexity index is 716. The highest BCUT2D eigenvalue weighted by Gasteiger charge is 2.31. The van der Waals surface area contributed by atoms with E-state index in [4.69, 9.17) is 22.4 Å². The quantitative estimate of drug-likeness (QED) is 0.295. The van der Waals surface area contributed by atoms with Crippen LogP contribution in [0.2, 0.25) is 5.02 Å². The van der Waals surface area contributed by atoms with E-state index in [9.17, 15) is 4.39 Å². The van der Waals surface area contributed by atoms with Crippen molar-refractivity contribution in [1.29, 1.82) is 0 Å². The lowest BCUT2D eigenvalue weighted by atomic mass is 10.2. The van der Waals surface area contributed by atoms with Crippen LogP contribution in [0.15, 0.2) is 24.5 Å². The van der Waals surface area contributed by atoms with E-state index in [0.29, 0.717) is 11.1 Å². The first-order valence-corrected chi connectivity index (χ1v) is 10.4. The predicted octanol–water partition coefficient (Wildman–Crippen LogP) is 3.18. The predicted molar refractivity (Wildman–Crippen MR) is 110 cm³/mol. The first-order valence-electron chi connectivity index (χ1n) is 8.86. The minimum Gasteiger partial charge on any atom is -0.369 e. The van der Waals surface area contributed by atoms with E-state index < -0.39 is 5.82 Å². The molecule has 0 saturated carbocycles. The molecular weight excluding hydrogens is 411 g/mol. The van der Waals surface area contributed by atoms with Gasteiger partial charge in [0.25, 0.3) is 0 Å². The van der Waals surface area contributed by atoms with Crippen LogP contribution in [-0.2, 0) is 4.94 Å². The fourth-order valence-electron chi connectivity index (χ4n) is 3.59. The standard InChI is InChI=1S/C16H22ClFN6OS2/c17-13-9-16(23(26)27-24(19)25-22-7-8-22)14(18)10-15(13)21-6-3-12(11-21)20-4-1-2-5-20/h7-10,12,26H,1-6,11,19H2. The van der Waals surface area contributed by atoms with Crippen LogP contribution in [0.4, 0.5) is 15.8 Å². The molecule has 3 aliphatic rings. The summed E-state index contributed by atoms with van der Waals surface area (Å²) >= 11 is 11.6. The van der Waals surface area contributed by atoms with Crippen LogP contribution < -0.4 is 14.5 Å². The molecule has 2 N–H and O–H groups in total. The molecule has 1 unspecified atom stereocenters. The minimum atomic E-state index is -0.417. The lowest BCUT2D eigenvalue weighted by Gasteiger charge is -2.26. The van der Waals surface area contributed by atoms with Gasteiger partial charge in [0.2, 0.25) is 0 Å². The van der Waals surface area contributed by atoms with Crippen molar-refractivity contribution in [3.8, 4) is 0 Å². The molecule has 0 bridgehead atoms. The minimum absolute atomic E-state index is 0.213. The van der Waals surface area contributed by atoms with Crippen molar-refractivity contribution >= 4 is 47.9 Å². The van der Waals surface area contributed by atoms with E-state index in [0.717, 1.165) is 55.0 Å². The van der Waals surface area contributed by atoms with Gasteiger partial charge in [-0.15, -0.1) is 4.94 Å². The van der Waals surface area contributed by atoms with Crippen LogP contribution in [-0.4, -0.2) is 46.8 Å². The molecule has 2 fully saturated rings. The van der Waals surface area contributed by atoms with Gasteiger partial charge >= 0.3 is 0 Å². The maximum Gasteiger partial charge on any atom is 0.150 e. The molecule has 27 heavy (non-hydrogen) atoms. The van der Waals surface area contributed by atoms with Gasteiger partial charge in [-0.3, -0.25) is 4.90 Å². The van der Waals surface area contributed by atoms with Crippen LogP contribution in [0, 0.1) is 5.82 Å². The van der Waals surface area contributed by atoms with Gasteiger partial charge in [-0.1, -0.05) is 24.4 Å². The lowest BCUT2D eigenvalue weighted by Crippen LogP contribution is -2.35. The van der Waals surface area contributed by atoms with Crippen molar-refractivity contribution in [2.45, 2.75) is 25.3 Å². The smallest absolute Gasteiger partial charge is 0.150 e. The van der Waals surface area contributed by atoms with Gasteiger partial charge in [0.1, 0.15) is 0 Å². The summed E-state index contributed by atoms with van der Waals surface area (Å²) in [4.78, 5) is 9.82. The second-order valence-corrected chi connectivity index (χ2v) is 8.73. The number of halogens is 2. The third-order valence-electron chi connectivity index (χ3n) is 4.99. The first kappa shape index (κ1) is 19.4. The highest BCUT2D eigenvalue weighted by Crippen LogP contribution is 2.38. The molecule has 11 heteroatoms. The highest BCUT2D eigenvalue weighted by molar-refractivity contribution is 8.09. The van der Waals surface area contributed by atoms with E-state index in [1.54, 1.807) is 18.5 Å². The van der Waals surface area contributed by atoms with Crippen LogP contribution in [0.25, 0.3) is 0 Å². The Balaban J connectivity index is 1.42. The number of hydrogen-bond acceptors (Lipinski definition) is 9. The Morgan fingerprint density at radius 3 is 2.70 bits per heavy atom. The molecule has 4 rings (SSSR count). The molecule has 0 aliphatic carbocycles. The van der Waals surface area contributed by atoms with Gasteiger partial charge < -0.3 is 4.90 Å². The SMILES string of the molecule is NN(ON1C=C1)SN(S)c1cc(Cl)c(N2CCC(N3CCCC3)C2)cc1F. The van der Waals surface area contributed by atoms with Crippen LogP contribution in [0.1, 0.15) is 19.3 Å². The van der Waals surface area contributed by atoms with Crippen molar-refractivity contribution in [2.24, 2.45) is 5.84 Å². The third kappa shape index (κ3) is 4.58. The maximum atomic E-state index is 14.7. The summed E-state index contributed by atoms with van der Waals surface area (Å²) in [5.41, 5.74) is 0.936. The van der Waals surface area contributed by atoms with Crippen LogP contribution >= 0.6 is 36.5 Å². The molecule has 1 aromatic carbocycles. The average molecular weight is 433 g/mol. The summed E-state index contributed by atoms with van der Waals surface area (Å²) < 4.78 is 17.0. The van der Waals surface area contributed by atoms with Gasteiger partial charge in [-0.2, -0.15) is 0 Å². The topological polar surface area (TPSA) is 51.2 Å². The Morgan fingerprint density at radius 1 is 1.26 bits per heavy atom. The summed E-state index contributed by atoms with van der Waals surface area (Å²) in [5.74, 6) is 5.26. The molecule has 0 amide bonds. The van der Waals surface area contributed by atoms with Crippen LogP contribution in [0.5, 0.6) is 0 Å². The first-order chi connectivity index (χ1) is 13.0. The summed E-state index contributed by atoms with van der Waals surface area (Å²) in [6.07, 6.45) is 6.98. The van der Waals surface area contributed by atoms with Gasteiger partial charge in [0, 0.05) is 25.2 Å². The zero-order chi connectivity index (χ0) is 19.0. The number of rotatable bonds is 7. The number of hydrazine groups is 1. The molecule has 148 valence electrons. The van der Waals surface area contributed by atoms with Gasteiger partial charge in [-0.25, -0.2) is 19.0 Å². The average Bonchev–Trinajstić information content (AvgIpc) is 3.12. The summed E-state index contributed by atoms with van der Waals surface area (Å²) in [6, 6.07) is 3.57. The van der Waals surface area contributed by atoms with E-state index >= 15 is 0 Å². The summed E-state index contributed by atoms with van der Waals surface area (Å²) in [7, 11) is 0. The van der Waals surface area contributed by atoms with Gasteiger partial charge in [0.15, 0.2) is 5.82 Å². The number of anilines is 2. The number of benzene rings is 1. The molecule has 0 aromatic heterocycles. The second-order valence-electron chi connectivity index (χ2n) is 6.77. The fourth-order valence-corrected chi connectivity index (χ4v) is 4.72.